The Labute approximate surface area is 98.9 Å². The first-order chi connectivity index (χ1) is 7.81. The number of rotatable bonds is 4. The molecule has 16 heavy (non-hydrogen) atoms. The molecule has 0 amide bonds. The number of aryl methyl sites for hydroxylation is 1. The number of aromatic nitrogens is 3. The van der Waals surface area contributed by atoms with Gasteiger partial charge in [0.1, 0.15) is 0 Å². The lowest BCUT2D eigenvalue weighted by Gasteiger charge is -2.15. The molecule has 0 bridgehead atoms. The quantitative estimate of drug-likeness (QED) is 0.878. The smallest absolute Gasteiger partial charge is 0.0718 e. The summed E-state index contributed by atoms with van der Waals surface area (Å²) in [6.45, 7) is 4.97. The van der Waals surface area contributed by atoms with Gasteiger partial charge in [-0.25, -0.2) is 0 Å². The Morgan fingerprint density at radius 2 is 2.25 bits per heavy atom. The van der Waals surface area contributed by atoms with Crippen molar-refractivity contribution in [3.63, 3.8) is 0 Å². The normalized spacial score (nSPS) is 12.6. The average Bonchev–Trinajstić information content (AvgIpc) is 2.81. The second-order valence-electron chi connectivity index (χ2n) is 3.54. The van der Waals surface area contributed by atoms with Gasteiger partial charge >= 0.3 is 0 Å². The van der Waals surface area contributed by atoms with Crippen molar-refractivity contribution in [2.45, 2.75) is 19.9 Å². The predicted octanol–water partition coefficient (Wildman–Crippen LogP) is 1.94. The van der Waals surface area contributed by atoms with Crippen molar-refractivity contribution in [3.8, 4) is 0 Å². The highest BCUT2D eigenvalue weighted by atomic mass is 32.1. The minimum Gasteiger partial charge on any atom is -0.306 e. The Balaban J connectivity index is 2.29. The summed E-state index contributed by atoms with van der Waals surface area (Å²) < 4.78 is 3.90. The molecular weight excluding hydrogens is 220 g/mol. The Bertz CT molecular complexity index is 424. The molecule has 2 rings (SSSR count). The van der Waals surface area contributed by atoms with E-state index in [2.05, 4.69) is 32.9 Å². The molecule has 1 unspecified atom stereocenters. The highest BCUT2D eigenvalue weighted by molar-refractivity contribution is 7.05. The Morgan fingerprint density at radius 3 is 2.81 bits per heavy atom. The molecule has 1 atom stereocenters. The van der Waals surface area contributed by atoms with Crippen LogP contribution in [-0.2, 0) is 0 Å². The van der Waals surface area contributed by atoms with E-state index >= 15 is 0 Å². The van der Waals surface area contributed by atoms with E-state index in [-0.39, 0.29) is 6.04 Å². The first-order valence-electron chi connectivity index (χ1n) is 5.24. The van der Waals surface area contributed by atoms with Crippen LogP contribution in [0, 0.1) is 6.92 Å². The zero-order valence-corrected chi connectivity index (χ0v) is 10.2. The molecule has 2 aromatic heterocycles. The van der Waals surface area contributed by atoms with Gasteiger partial charge in [-0.3, -0.25) is 4.98 Å². The van der Waals surface area contributed by atoms with Gasteiger partial charge in [0, 0.05) is 11.9 Å². The zero-order valence-electron chi connectivity index (χ0n) is 9.34. The van der Waals surface area contributed by atoms with E-state index in [1.54, 1.807) is 6.20 Å². The van der Waals surface area contributed by atoms with Crippen LogP contribution < -0.4 is 5.32 Å². The fraction of sp³-hybridized carbons (Fsp3) is 0.364. The van der Waals surface area contributed by atoms with Crippen LogP contribution in [0.4, 0.5) is 0 Å². The molecule has 4 nitrogen and oxygen atoms in total. The maximum Gasteiger partial charge on any atom is 0.0718 e. The molecule has 0 radical (unpaired) electrons. The van der Waals surface area contributed by atoms with Gasteiger partial charge in [0.05, 0.1) is 17.1 Å². The standard InChI is InChI=1S/C11H14N4S/c1-3-12-11(10-7-14-15-16-10)9-5-4-8(2)13-6-9/h4-7,11-12H,3H2,1-2H3. The van der Waals surface area contributed by atoms with Crippen LogP contribution in [-0.4, -0.2) is 21.1 Å². The number of hydrogen-bond acceptors (Lipinski definition) is 5. The maximum absolute atomic E-state index is 4.32. The van der Waals surface area contributed by atoms with Crippen LogP contribution in [0.2, 0.25) is 0 Å². The summed E-state index contributed by atoms with van der Waals surface area (Å²) in [5.74, 6) is 0. The van der Waals surface area contributed by atoms with Gasteiger partial charge < -0.3 is 5.32 Å². The van der Waals surface area contributed by atoms with Gasteiger partial charge in [-0.15, -0.1) is 5.10 Å². The fourth-order valence-corrected chi connectivity index (χ4v) is 2.15. The molecule has 84 valence electrons. The molecular formula is C11H14N4S. The van der Waals surface area contributed by atoms with Gasteiger partial charge in [0.2, 0.25) is 0 Å². The van der Waals surface area contributed by atoms with E-state index in [0.717, 1.165) is 22.7 Å². The highest BCUT2D eigenvalue weighted by Gasteiger charge is 2.15. The fourth-order valence-electron chi connectivity index (χ4n) is 1.54. The number of nitrogens with one attached hydrogen (secondary N) is 1. The molecule has 0 fully saturated rings. The van der Waals surface area contributed by atoms with Crippen molar-refractivity contribution in [1.29, 1.82) is 0 Å². The first-order valence-corrected chi connectivity index (χ1v) is 6.01. The Kier molecular flexibility index (Phi) is 3.58. The van der Waals surface area contributed by atoms with Crippen molar-refractivity contribution in [1.82, 2.24) is 19.9 Å². The molecule has 2 heterocycles. The second-order valence-corrected chi connectivity index (χ2v) is 4.36. The van der Waals surface area contributed by atoms with Crippen LogP contribution in [0.25, 0.3) is 0 Å². The van der Waals surface area contributed by atoms with Crippen molar-refractivity contribution < 1.29 is 0 Å². The van der Waals surface area contributed by atoms with E-state index in [1.807, 2.05) is 19.2 Å². The van der Waals surface area contributed by atoms with Crippen LogP contribution in [0.3, 0.4) is 0 Å². The van der Waals surface area contributed by atoms with E-state index in [1.165, 1.54) is 11.5 Å². The topological polar surface area (TPSA) is 50.7 Å². The van der Waals surface area contributed by atoms with E-state index in [4.69, 9.17) is 0 Å². The molecule has 0 aliphatic carbocycles. The lowest BCUT2D eigenvalue weighted by molar-refractivity contribution is 0.636. The van der Waals surface area contributed by atoms with Gasteiger partial charge in [-0.2, -0.15) is 0 Å². The minimum absolute atomic E-state index is 0.151. The SMILES string of the molecule is CCNC(c1ccc(C)nc1)c1cnns1. The van der Waals surface area contributed by atoms with Gasteiger partial charge in [-0.05, 0) is 36.6 Å². The van der Waals surface area contributed by atoms with Crippen molar-refractivity contribution in [3.05, 3.63) is 40.7 Å². The summed E-state index contributed by atoms with van der Waals surface area (Å²) in [5.41, 5.74) is 2.18. The average molecular weight is 234 g/mol. The molecule has 0 saturated heterocycles. The summed E-state index contributed by atoms with van der Waals surface area (Å²) >= 11 is 1.42. The lowest BCUT2D eigenvalue weighted by atomic mass is 10.1. The number of nitrogens with zero attached hydrogens (tertiary/aromatic N) is 3. The molecule has 0 aliphatic rings. The predicted molar refractivity (Wildman–Crippen MR) is 64.4 cm³/mol. The van der Waals surface area contributed by atoms with E-state index in [0.29, 0.717) is 0 Å². The second kappa shape index (κ2) is 5.14. The highest BCUT2D eigenvalue weighted by Crippen LogP contribution is 2.23. The Morgan fingerprint density at radius 1 is 1.38 bits per heavy atom. The van der Waals surface area contributed by atoms with Crippen LogP contribution in [0.1, 0.15) is 29.1 Å². The summed E-state index contributed by atoms with van der Waals surface area (Å²) in [7, 11) is 0. The van der Waals surface area contributed by atoms with Crippen LogP contribution in [0.5, 0.6) is 0 Å². The third kappa shape index (κ3) is 2.43. The van der Waals surface area contributed by atoms with Crippen molar-refractivity contribution in [2.75, 3.05) is 6.54 Å². The molecule has 0 saturated carbocycles. The monoisotopic (exact) mass is 234 g/mol. The number of hydrogen-bond donors (Lipinski definition) is 1. The van der Waals surface area contributed by atoms with Crippen LogP contribution in [0.15, 0.2) is 24.5 Å². The van der Waals surface area contributed by atoms with Crippen LogP contribution >= 0.6 is 11.5 Å². The zero-order chi connectivity index (χ0) is 11.4. The van der Waals surface area contributed by atoms with Gasteiger partial charge in [-0.1, -0.05) is 17.5 Å². The third-order valence-corrected chi connectivity index (χ3v) is 3.07. The van der Waals surface area contributed by atoms with Gasteiger partial charge in [0.15, 0.2) is 0 Å². The summed E-state index contributed by atoms with van der Waals surface area (Å²) in [6.07, 6.45) is 3.71. The molecule has 2 aromatic rings. The molecule has 1 N–H and O–H groups in total. The summed E-state index contributed by atoms with van der Waals surface area (Å²) in [5, 5.41) is 7.29. The molecule has 0 aliphatic heterocycles. The maximum atomic E-state index is 4.32. The number of pyridine rings is 1. The van der Waals surface area contributed by atoms with E-state index < -0.39 is 0 Å². The van der Waals surface area contributed by atoms with Crippen molar-refractivity contribution >= 4 is 11.5 Å². The van der Waals surface area contributed by atoms with Crippen molar-refractivity contribution in [2.24, 2.45) is 0 Å². The molecule has 0 spiro atoms. The first kappa shape index (κ1) is 11.2. The molecule has 0 aromatic carbocycles. The largest absolute Gasteiger partial charge is 0.306 e. The Hall–Kier alpha value is -1.33. The summed E-state index contributed by atoms with van der Waals surface area (Å²) in [6, 6.07) is 4.27. The van der Waals surface area contributed by atoms with E-state index in [9.17, 15) is 0 Å². The summed E-state index contributed by atoms with van der Waals surface area (Å²) in [4.78, 5) is 5.43. The van der Waals surface area contributed by atoms with Gasteiger partial charge in [0.25, 0.3) is 0 Å². The lowest BCUT2D eigenvalue weighted by Crippen LogP contribution is -2.21. The molecule has 5 heteroatoms. The minimum atomic E-state index is 0.151. The third-order valence-electron chi connectivity index (χ3n) is 2.34.